The van der Waals surface area contributed by atoms with E-state index in [9.17, 15) is 30.8 Å². The quantitative estimate of drug-likeness (QED) is 0.324. The number of aromatic nitrogens is 1. The molecule has 15 heteroatoms. The monoisotopic (exact) mass is 566 g/mol. The van der Waals surface area contributed by atoms with Crippen LogP contribution in [0.5, 0.6) is 0 Å². The molecule has 1 unspecified atom stereocenters. The van der Waals surface area contributed by atoms with Crippen LogP contribution in [0, 0.1) is 17.6 Å². The first-order valence-corrected chi connectivity index (χ1v) is 13.3. The van der Waals surface area contributed by atoms with Crippen LogP contribution in [0.15, 0.2) is 40.0 Å². The molecular formula is C21H19ClF4N4O4S2. The number of benzene rings is 1. The molecule has 1 fully saturated rings. The van der Waals surface area contributed by atoms with Gasteiger partial charge in [-0.2, -0.15) is 13.1 Å². The van der Waals surface area contributed by atoms with Gasteiger partial charge in [0.1, 0.15) is 6.04 Å². The van der Waals surface area contributed by atoms with Crippen molar-refractivity contribution in [3.05, 3.63) is 62.2 Å². The molecule has 1 saturated heterocycles. The van der Waals surface area contributed by atoms with E-state index in [1.54, 1.807) is 5.38 Å². The van der Waals surface area contributed by atoms with Crippen molar-refractivity contribution in [2.75, 3.05) is 20.2 Å². The lowest BCUT2D eigenvalue weighted by molar-refractivity contribution is -0.136. The first-order valence-electron chi connectivity index (χ1n) is 10.5. The lowest BCUT2D eigenvalue weighted by Crippen LogP contribution is -2.44. The van der Waals surface area contributed by atoms with Gasteiger partial charge in [-0.05, 0) is 18.9 Å². The summed E-state index contributed by atoms with van der Waals surface area (Å²) in [4.78, 5) is 21.7. The highest BCUT2D eigenvalue weighted by Gasteiger charge is 2.40. The van der Waals surface area contributed by atoms with Gasteiger partial charge >= 0.3 is 11.7 Å². The van der Waals surface area contributed by atoms with Crippen LogP contribution in [0.1, 0.15) is 29.5 Å². The first-order chi connectivity index (χ1) is 17.1. The van der Waals surface area contributed by atoms with E-state index in [4.69, 9.17) is 16.3 Å². The van der Waals surface area contributed by atoms with Crippen LogP contribution in [-0.4, -0.2) is 55.5 Å². The van der Waals surface area contributed by atoms with Crippen molar-refractivity contribution in [2.45, 2.75) is 24.6 Å². The summed E-state index contributed by atoms with van der Waals surface area (Å²) in [5.74, 6) is -7.14. The van der Waals surface area contributed by atoms with E-state index in [1.807, 2.05) is 0 Å². The van der Waals surface area contributed by atoms with Gasteiger partial charge in [-0.3, -0.25) is 4.99 Å². The van der Waals surface area contributed by atoms with Crippen molar-refractivity contribution in [2.24, 2.45) is 10.9 Å². The fourth-order valence-corrected chi connectivity index (χ4v) is 5.95. The minimum Gasteiger partial charge on any atom is -0.466 e. The van der Waals surface area contributed by atoms with Gasteiger partial charge in [-0.25, -0.2) is 27.0 Å². The molecule has 0 aliphatic carbocycles. The molecule has 1 N–H and O–H groups in total. The molecular weight excluding hydrogens is 548 g/mol. The molecule has 2 aromatic rings. The van der Waals surface area contributed by atoms with Gasteiger partial charge in [0.2, 0.25) is 0 Å². The Hall–Kier alpha value is -2.55. The third-order valence-electron chi connectivity index (χ3n) is 5.92. The smallest absolute Gasteiger partial charge is 0.350 e. The van der Waals surface area contributed by atoms with Crippen LogP contribution in [0.3, 0.4) is 0 Å². The van der Waals surface area contributed by atoms with Crippen LogP contribution in [0.2, 0.25) is 5.02 Å². The molecule has 0 radical (unpaired) electrons. The van der Waals surface area contributed by atoms with Crippen molar-refractivity contribution in [1.82, 2.24) is 14.6 Å². The number of hydrogen-bond acceptors (Lipinski definition) is 8. The summed E-state index contributed by atoms with van der Waals surface area (Å²) >= 11 is 7.34. The Balaban J connectivity index is 1.80. The summed E-state index contributed by atoms with van der Waals surface area (Å²) in [6, 6.07) is 0.857. The van der Waals surface area contributed by atoms with E-state index in [2.05, 4.69) is 15.3 Å². The number of ether oxygens (including phenoxy) is 1. The average molecular weight is 567 g/mol. The normalized spacial score (nSPS) is 19.9. The predicted molar refractivity (Wildman–Crippen MR) is 124 cm³/mol. The number of amidine groups is 1. The van der Waals surface area contributed by atoms with Gasteiger partial charge in [0, 0.05) is 41.8 Å². The standard InChI is InChI=1S/C21H19ClF4N4O4S2/c1-34-20(31)13-16(10-4-7-30(8-5-10)36(32,33)21(25)26)28-18(19-27-6-9-35-19)29-17(13)11-2-3-12(23)15(24)14(11)22/h2-3,6,9-10,17,21H,4-5,7-8H2,1H3,(H,28,29). The average Bonchev–Trinajstić information content (AvgIpc) is 3.41. The zero-order valence-electron chi connectivity index (χ0n) is 18.6. The van der Waals surface area contributed by atoms with Gasteiger partial charge in [0.25, 0.3) is 10.0 Å². The number of sulfonamides is 1. The molecule has 2 aliphatic rings. The molecule has 4 rings (SSSR count). The van der Waals surface area contributed by atoms with Crippen LogP contribution in [-0.2, 0) is 19.6 Å². The van der Waals surface area contributed by atoms with Gasteiger partial charge in [-0.15, -0.1) is 11.3 Å². The second kappa shape index (κ2) is 10.4. The SMILES string of the molecule is COC(=O)C1=C(C2CCN(S(=O)(=O)C(F)F)CC2)NC(c2nccs2)=NC1c1ccc(F)c(F)c1Cl. The Labute approximate surface area is 212 Å². The number of carbonyl (C=O) groups excluding carboxylic acids is 1. The van der Waals surface area contributed by atoms with Gasteiger partial charge < -0.3 is 10.1 Å². The molecule has 1 aromatic heterocycles. The zero-order valence-corrected chi connectivity index (χ0v) is 20.9. The Morgan fingerprint density at radius 3 is 2.56 bits per heavy atom. The second-order valence-corrected chi connectivity index (χ2v) is 11.1. The number of esters is 1. The van der Waals surface area contributed by atoms with Crippen LogP contribution >= 0.6 is 22.9 Å². The van der Waals surface area contributed by atoms with Gasteiger partial charge in [-0.1, -0.05) is 17.7 Å². The summed E-state index contributed by atoms with van der Waals surface area (Å²) in [5, 5.41) is 4.61. The number of alkyl halides is 2. The summed E-state index contributed by atoms with van der Waals surface area (Å²) < 4.78 is 83.6. The molecule has 0 saturated carbocycles. The van der Waals surface area contributed by atoms with Crippen LogP contribution in [0.4, 0.5) is 17.6 Å². The number of aliphatic imine (C=N–C) groups is 1. The topological polar surface area (TPSA) is 101 Å². The number of hydrogen-bond donors (Lipinski definition) is 1. The molecule has 194 valence electrons. The minimum atomic E-state index is -4.76. The Bertz CT molecular complexity index is 1330. The van der Waals surface area contributed by atoms with Gasteiger partial charge in [0.05, 0.1) is 17.7 Å². The summed E-state index contributed by atoms with van der Waals surface area (Å²) in [6.45, 7) is -0.422. The molecule has 0 spiro atoms. The predicted octanol–water partition coefficient (Wildman–Crippen LogP) is 3.86. The first kappa shape index (κ1) is 26.5. The number of halogens is 5. The maximum atomic E-state index is 14.4. The molecule has 0 amide bonds. The van der Waals surface area contributed by atoms with E-state index in [1.165, 1.54) is 23.6 Å². The fourth-order valence-electron chi connectivity index (χ4n) is 4.16. The minimum absolute atomic E-state index is 0.00161. The summed E-state index contributed by atoms with van der Waals surface area (Å²) in [7, 11) is -3.62. The van der Waals surface area contributed by atoms with E-state index in [0.717, 1.165) is 13.2 Å². The second-order valence-electron chi connectivity index (χ2n) is 7.90. The lowest BCUT2D eigenvalue weighted by atomic mass is 9.86. The highest BCUT2D eigenvalue weighted by atomic mass is 35.5. The van der Waals surface area contributed by atoms with Crippen molar-refractivity contribution in [3.8, 4) is 0 Å². The molecule has 1 aromatic carbocycles. The third-order valence-corrected chi connectivity index (χ3v) is 8.62. The number of carbonyl (C=O) groups is 1. The van der Waals surface area contributed by atoms with E-state index in [-0.39, 0.29) is 42.9 Å². The molecule has 36 heavy (non-hydrogen) atoms. The number of methoxy groups -OCH3 is 1. The molecule has 8 nitrogen and oxygen atoms in total. The van der Waals surface area contributed by atoms with E-state index >= 15 is 0 Å². The third kappa shape index (κ3) is 4.86. The maximum Gasteiger partial charge on any atom is 0.350 e. The number of nitrogens with zero attached hydrogens (tertiary/aromatic N) is 3. The van der Waals surface area contributed by atoms with Crippen LogP contribution in [0.25, 0.3) is 0 Å². The Kier molecular flexibility index (Phi) is 7.69. The van der Waals surface area contributed by atoms with Gasteiger partial charge in [0.15, 0.2) is 22.5 Å². The van der Waals surface area contributed by atoms with Crippen molar-refractivity contribution >= 4 is 44.8 Å². The number of thiazole rings is 1. The number of nitrogens with one attached hydrogen (secondary N) is 1. The summed E-state index contributed by atoms with van der Waals surface area (Å²) in [5.41, 5.74) is 0.254. The number of piperidine rings is 1. The zero-order chi connectivity index (χ0) is 26.2. The lowest BCUT2D eigenvalue weighted by Gasteiger charge is -2.36. The fraction of sp³-hybridized carbons (Fsp3) is 0.381. The highest BCUT2D eigenvalue weighted by Crippen LogP contribution is 2.41. The van der Waals surface area contributed by atoms with E-state index in [0.29, 0.717) is 15.0 Å². The van der Waals surface area contributed by atoms with Crippen LogP contribution < -0.4 is 5.32 Å². The number of rotatable bonds is 6. The van der Waals surface area contributed by atoms with Crippen molar-refractivity contribution in [3.63, 3.8) is 0 Å². The largest absolute Gasteiger partial charge is 0.466 e. The Morgan fingerprint density at radius 1 is 1.28 bits per heavy atom. The molecule has 0 bridgehead atoms. The van der Waals surface area contributed by atoms with Crippen molar-refractivity contribution in [1.29, 1.82) is 0 Å². The number of allylic oxidation sites excluding steroid dienone is 1. The van der Waals surface area contributed by atoms with Crippen molar-refractivity contribution < 1.29 is 35.5 Å². The van der Waals surface area contributed by atoms with E-state index < -0.39 is 50.4 Å². The highest BCUT2D eigenvalue weighted by molar-refractivity contribution is 7.89. The maximum absolute atomic E-state index is 14.4. The Morgan fingerprint density at radius 2 is 1.97 bits per heavy atom. The molecule has 1 atom stereocenters. The summed E-state index contributed by atoms with van der Waals surface area (Å²) in [6.07, 6.45) is 1.72. The molecule has 2 aliphatic heterocycles. The molecule has 3 heterocycles.